The highest BCUT2D eigenvalue weighted by atomic mass is 79.9. The molecule has 0 spiro atoms. The van der Waals surface area contributed by atoms with Crippen molar-refractivity contribution in [3.8, 4) is 0 Å². The summed E-state index contributed by atoms with van der Waals surface area (Å²) in [7, 11) is 1.92. The highest BCUT2D eigenvalue weighted by Crippen LogP contribution is 2.33. The topological polar surface area (TPSA) is 66.6 Å². The minimum absolute atomic E-state index is 0.0632. The summed E-state index contributed by atoms with van der Waals surface area (Å²) < 4.78 is 0.682. The largest absolute Gasteiger partial charge is 0.391 e. The van der Waals surface area contributed by atoms with Crippen molar-refractivity contribution in [2.24, 2.45) is 0 Å². The SMILES string of the molecule is CN(c1ccc([N+](=O)[O-])cc1Br)C1CCCCC1O. The standard InChI is InChI=1S/C13H17BrN2O3/c1-15(12-4-2-3-5-13(12)17)11-7-6-9(16(18)19)8-10(11)14/h6-8,12-13,17H,2-5H2,1H3. The van der Waals surface area contributed by atoms with Crippen LogP contribution in [0.3, 0.4) is 0 Å². The lowest BCUT2D eigenvalue weighted by Crippen LogP contribution is -2.43. The summed E-state index contributed by atoms with van der Waals surface area (Å²) in [5, 5.41) is 20.8. The molecule has 0 aromatic heterocycles. The van der Waals surface area contributed by atoms with Gasteiger partial charge in [-0.1, -0.05) is 12.8 Å². The zero-order chi connectivity index (χ0) is 14.0. The molecule has 1 fully saturated rings. The first-order valence-corrected chi connectivity index (χ1v) is 7.15. The normalized spacial score (nSPS) is 23.1. The van der Waals surface area contributed by atoms with E-state index in [2.05, 4.69) is 15.9 Å². The quantitative estimate of drug-likeness (QED) is 0.683. The van der Waals surface area contributed by atoms with Crippen molar-refractivity contribution in [1.29, 1.82) is 0 Å². The maximum absolute atomic E-state index is 10.7. The molecule has 5 nitrogen and oxygen atoms in total. The van der Waals surface area contributed by atoms with Crippen LogP contribution < -0.4 is 4.90 Å². The first-order chi connectivity index (χ1) is 9.00. The van der Waals surface area contributed by atoms with Crippen LogP contribution >= 0.6 is 15.9 Å². The third-order valence-electron chi connectivity index (χ3n) is 3.71. The zero-order valence-electron chi connectivity index (χ0n) is 10.8. The Morgan fingerprint density at radius 3 is 2.68 bits per heavy atom. The van der Waals surface area contributed by atoms with Gasteiger partial charge in [0.2, 0.25) is 0 Å². The van der Waals surface area contributed by atoms with Gasteiger partial charge in [-0.3, -0.25) is 10.1 Å². The zero-order valence-corrected chi connectivity index (χ0v) is 12.3. The molecule has 2 rings (SSSR count). The lowest BCUT2D eigenvalue weighted by molar-refractivity contribution is -0.384. The molecule has 0 bridgehead atoms. The second-order valence-electron chi connectivity index (χ2n) is 4.92. The second-order valence-corrected chi connectivity index (χ2v) is 5.78. The number of aliphatic hydroxyl groups is 1. The van der Waals surface area contributed by atoms with Crippen molar-refractivity contribution in [3.63, 3.8) is 0 Å². The van der Waals surface area contributed by atoms with Gasteiger partial charge in [-0.2, -0.15) is 0 Å². The molecule has 0 radical (unpaired) electrons. The van der Waals surface area contributed by atoms with Crippen molar-refractivity contribution >= 4 is 27.3 Å². The number of anilines is 1. The van der Waals surface area contributed by atoms with Crippen LogP contribution in [0.25, 0.3) is 0 Å². The molecule has 6 heteroatoms. The number of likely N-dealkylation sites (N-methyl/N-ethyl adjacent to an activating group) is 1. The van der Waals surface area contributed by atoms with E-state index in [9.17, 15) is 15.2 Å². The lowest BCUT2D eigenvalue weighted by Gasteiger charge is -2.37. The Kier molecular flexibility index (Phi) is 4.42. The fraction of sp³-hybridized carbons (Fsp3) is 0.538. The van der Waals surface area contributed by atoms with Crippen LogP contribution in [-0.2, 0) is 0 Å². The molecule has 0 aliphatic heterocycles. The summed E-state index contributed by atoms with van der Waals surface area (Å²) in [5.74, 6) is 0. The van der Waals surface area contributed by atoms with E-state index >= 15 is 0 Å². The second kappa shape index (κ2) is 5.88. The molecule has 1 aliphatic rings. The van der Waals surface area contributed by atoms with Gasteiger partial charge in [-0.25, -0.2) is 0 Å². The van der Waals surface area contributed by atoms with Gasteiger partial charge >= 0.3 is 0 Å². The van der Waals surface area contributed by atoms with Crippen molar-refractivity contribution in [2.45, 2.75) is 37.8 Å². The van der Waals surface area contributed by atoms with Crippen LogP contribution in [0.5, 0.6) is 0 Å². The number of hydrogen-bond donors (Lipinski definition) is 1. The number of non-ortho nitro benzene ring substituents is 1. The van der Waals surface area contributed by atoms with E-state index in [1.165, 1.54) is 12.1 Å². The van der Waals surface area contributed by atoms with Crippen LogP contribution in [-0.4, -0.2) is 29.2 Å². The van der Waals surface area contributed by atoms with Crippen molar-refractivity contribution < 1.29 is 10.0 Å². The molecule has 1 aromatic rings. The molecule has 2 atom stereocenters. The number of rotatable bonds is 3. The monoisotopic (exact) mass is 328 g/mol. The molecule has 1 saturated carbocycles. The van der Waals surface area contributed by atoms with E-state index in [-0.39, 0.29) is 17.8 Å². The predicted molar refractivity (Wildman–Crippen MR) is 77.5 cm³/mol. The molecular formula is C13H17BrN2O3. The minimum atomic E-state index is -0.413. The highest BCUT2D eigenvalue weighted by molar-refractivity contribution is 9.10. The first kappa shape index (κ1) is 14.3. The van der Waals surface area contributed by atoms with E-state index in [1.54, 1.807) is 6.07 Å². The van der Waals surface area contributed by atoms with E-state index in [0.29, 0.717) is 4.47 Å². The van der Waals surface area contributed by atoms with E-state index in [0.717, 1.165) is 31.4 Å². The van der Waals surface area contributed by atoms with Gasteiger partial charge in [0, 0.05) is 23.7 Å². The highest BCUT2D eigenvalue weighted by Gasteiger charge is 2.28. The Morgan fingerprint density at radius 1 is 1.42 bits per heavy atom. The molecule has 0 amide bonds. The third-order valence-corrected chi connectivity index (χ3v) is 4.35. The van der Waals surface area contributed by atoms with Gasteiger partial charge < -0.3 is 10.0 Å². The van der Waals surface area contributed by atoms with Crippen LogP contribution in [0.1, 0.15) is 25.7 Å². The first-order valence-electron chi connectivity index (χ1n) is 6.35. The average molecular weight is 329 g/mol. The summed E-state index contributed by atoms with van der Waals surface area (Å²) >= 11 is 3.37. The Hall–Kier alpha value is -1.14. The molecular weight excluding hydrogens is 312 g/mol. The van der Waals surface area contributed by atoms with Gasteiger partial charge in [0.15, 0.2) is 0 Å². The number of nitrogens with zero attached hydrogens (tertiary/aromatic N) is 2. The molecule has 2 unspecified atom stereocenters. The Labute approximate surface area is 120 Å². The molecule has 104 valence electrons. The number of halogens is 1. The van der Waals surface area contributed by atoms with Gasteiger partial charge in [-0.05, 0) is 34.8 Å². The van der Waals surface area contributed by atoms with E-state index in [4.69, 9.17) is 0 Å². The molecule has 0 saturated heterocycles. The van der Waals surface area contributed by atoms with Gasteiger partial charge in [0.25, 0.3) is 5.69 Å². The van der Waals surface area contributed by atoms with Crippen LogP contribution in [0.4, 0.5) is 11.4 Å². The lowest BCUT2D eigenvalue weighted by atomic mass is 9.91. The Morgan fingerprint density at radius 2 is 2.11 bits per heavy atom. The summed E-state index contributed by atoms with van der Waals surface area (Å²) in [4.78, 5) is 12.3. The van der Waals surface area contributed by atoms with Gasteiger partial charge in [-0.15, -0.1) is 0 Å². The summed E-state index contributed by atoms with van der Waals surface area (Å²) in [5.41, 5.74) is 0.935. The predicted octanol–water partition coefficient (Wildman–Crippen LogP) is 3.10. The summed E-state index contributed by atoms with van der Waals surface area (Å²) in [6, 6.07) is 4.79. The smallest absolute Gasteiger partial charge is 0.270 e. The molecule has 0 heterocycles. The summed E-state index contributed by atoms with van der Waals surface area (Å²) in [6.07, 6.45) is 3.60. The van der Waals surface area contributed by atoms with Crippen LogP contribution in [0.2, 0.25) is 0 Å². The van der Waals surface area contributed by atoms with Crippen LogP contribution in [0.15, 0.2) is 22.7 Å². The minimum Gasteiger partial charge on any atom is -0.391 e. The Bertz CT molecular complexity index is 481. The Balaban J connectivity index is 2.23. The molecule has 19 heavy (non-hydrogen) atoms. The van der Waals surface area contributed by atoms with Crippen LogP contribution in [0, 0.1) is 10.1 Å². The molecule has 1 N–H and O–H groups in total. The molecule has 1 aliphatic carbocycles. The van der Waals surface area contributed by atoms with Crippen molar-refractivity contribution in [1.82, 2.24) is 0 Å². The average Bonchev–Trinajstić information content (AvgIpc) is 2.38. The fourth-order valence-corrected chi connectivity index (χ4v) is 3.26. The van der Waals surface area contributed by atoms with Crippen molar-refractivity contribution in [3.05, 3.63) is 32.8 Å². The number of benzene rings is 1. The number of nitro benzene ring substituents is 1. The maximum Gasteiger partial charge on any atom is 0.270 e. The van der Waals surface area contributed by atoms with Gasteiger partial charge in [0.1, 0.15) is 0 Å². The van der Waals surface area contributed by atoms with Gasteiger partial charge in [0.05, 0.1) is 22.8 Å². The number of aliphatic hydroxyl groups excluding tert-OH is 1. The van der Waals surface area contributed by atoms with Crippen molar-refractivity contribution in [2.75, 3.05) is 11.9 Å². The third kappa shape index (κ3) is 3.06. The summed E-state index contributed by atoms with van der Waals surface area (Å²) in [6.45, 7) is 0. The van der Waals surface area contributed by atoms with E-state index in [1.807, 2.05) is 11.9 Å². The molecule has 1 aromatic carbocycles. The number of nitro groups is 1. The fourth-order valence-electron chi connectivity index (χ4n) is 2.62. The number of hydrogen-bond acceptors (Lipinski definition) is 4. The maximum atomic E-state index is 10.7. The van der Waals surface area contributed by atoms with E-state index < -0.39 is 4.92 Å².